The van der Waals surface area contributed by atoms with E-state index in [2.05, 4.69) is 45.5 Å². The van der Waals surface area contributed by atoms with Gasteiger partial charge in [-0.1, -0.05) is 52.3 Å². The van der Waals surface area contributed by atoms with Gasteiger partial charge in [-0.05, 0) is 35.7 Å². The van der Waals surface area contributed by atoms with Crippen molar-refractivity contribution < 1.29 is 0 Å². The molecular formula is C15H13BrN2. The van der Waals surface area contributed by atoms with Crippen molar-refractivity contribution in [2.75, 3.05) is 0 Å². The Morgan fingerprint density at radius 1 is 1.00 bits per heavy atom. The summed E-state index contributed by atoms with van der Waals surface area (Å²) in [5.74, 6) is 0. The lowest BCUT2D eigenvalue weighted by atomic mass is 10.0. The minimum atomic E-state index is 0.0500. The third-order valence-electron chi connectivity index (χ3n) is 2.87. The minimum absolute atomic E-state index is 0.0500. The first-order valence-corrected chi connectivity index (χ1v) is 6.50. The molecule has 0 saturated heterocycles. The van der Waals surface area contributed by atoms with E-state index in [4.69, 9.17) is 5.26 Å². The third kappa shape index (κ3) is 2.91. The molecule has 0 bridgehead atoms. The van der Waals surface area contributed by atoms with E-state index < -0.39 is 0 Å². The van der Waals surface area contributed by atoms with Crippen LogP contribution in [0.4, 0.5) is 0 Å². The monoisotopic (exact) mass is 300 g/mol. The summed E-state index contributed by atoms with van der Waals surface area (Å²) in [5, 5.41) is 11.3. The van der Waals surface area contributed by atoms with E-state index in [0.717, 1.165) is 10.0 Å². The second kappa shape index (κ2) is 5.70. The number of halogens is 1. The van der Waals surface area contributed by atoms with E-state index in [9.17, 15) is 0 Å². The number of rotatable bonds is 3. The molecule has 2 rings (SSSR count). The number of nitrogens with zero attached hydrogens (tertiary/aromatic N) is 1. The average molecular weight is 301 g/mol. The highest BCUT2D eigenvalue weighted by Gasteiger charge is 2.04. The van der Waals surface area contributed by atoms with Crippen LogP contribution >= 0.6 is 15.9 Å². The molecule has 0 aromatic heterocycles. The molecule has 18 heavy (non-hydrogen) atoms. The van der Waals surface area contributed by atoms with Crippen LogP contribution in [-0.2, 0) is 0 Å². The van der Waals surface area contributed by atoms with Crippen molar-refractivity contribution in [2.24, 2.45) is 0 Å². The van der Waals surface area contributed by atoms with E-state index in [1.807, 2.05) is 37.4 Å². The fourth-order valence-corrected chi connectivity index (χ4v) is 2.05. The van der Waals surface area contributed by atoms with Gasteiger partial charge in [0.15, 0.2) is 6.19 Å². The summed E-state index contributed by atoms with van der Waals surface area (Å²) in [6.07, 6.45) is 1.96. The zero-order valence-corrected chi connectivity index (χ0v) is 11.6. The van der Waals surface area contributed by atoms with Gasteiger partial charge in [0.05, 0.1) is 6.04 Å². The predicted octanol–water partition coefficient (Wildman–Crippen LogP) is 4.25. The molecule has 1 atom stereocenters. The van der Waals surface area contributed by atoms with Crippen molar-refractivity contribution in [1.82, 2.24) is 5.32 Å². The number of hydrogen-bond donors (Lipinski definition) is 1. The van der Waals surface area contributed by atoms with Gasteiger partial charge in [-0.25, -0.2) is 0 Å². The first kappa shape index (κ1) is 12.7. The molecule has 0 aliphatic rings. The number of benzene rings is 2. The fraction of sp³-hybridized carbons (Fsp3) is 0.133. The van der Waals surface area contributed by atoms with Crippen LogP contribution in [0.2, 0.25) is 0 Å². The zero-order valence-electron chi connectivity index (χ0n) is 10.0. The van der Waals surface area contributed by atoms with E-state index >= 15 is 0 Å². The Bertz CT molecular complexity index is 553. The Morgan fingerprint density at radius 3 is 2.00 bits per heavy atom. The molecule has 90 valence electrons. The van der Waals surface area contributed by atoms with Crippen LogP contribution in [0, 0.1) is 11.5 Å². The van der Waals surface area contributed by atoms with Gasteiger partial charge in [-0.3, -0.25) is 0 Å². The van der Waals surface area contributed by atoms with Crippen molar-refractivity contribution >= 4 is 15.9 Å². The first-order valence-electron chi connectivity index (χ1n) is 5.71. The lowest BCUT2D eigenvalue weighted by Gasteiger charge is -2.10. The smallest absolute Gasteiger partial charge is 0.177 e. The molecule has 2 aromatic carbocycles. The molecule has 3 heteroatoms. The molecule has 2 aromatic rings. The van der Waals surface area contributed by atoms with Crippen molar-refractivity contribution in [1.29, 1.82) is 5.26 Å². The summed E-state index contributed by atoms with van der Waals surface area (Å²) >= 11 is 3.43. The van der Waals surface area contributed by atoms with Gasteiger partial charge in [0, 0.05) is 4.47 Å². The standard InChI is InChI=1S/C15H13BrN2/c1-11(18-10-17)12-2-4-13(5-3-12)14-6-8-15(16)9-7-14/h2-9,11,18H,1H3. The molecule has 0 aliphatic heterocycles. The summed E-state index contributed by atoms with van der Waals surface area (Å²) in [7, 11) is 0. The Hall–Kier alpha value is -1.79. The quantitative estimate of drug-likeness (QED) is 0.679. The second-order valence-corrected chi connectivity index (χ2v) is 5.02. The number of hydrogen-bond acceptors (Lipinski definition) is 2. The molecule has 2 nitrogen and oxygen atoms in total. The highest BCUT2D eigenvalue weighted by molar-refractivity contribution is 9.10. The van der Waals surface area contributed by atoms with Gasteiger partial charge >= 0.3 is 0 Å². The van der Waals surface area contributed by atoms with Crippen LogP contribution in [0.5, 0.6) is 0 Å². The average Bonchev–Trinajstić information content (AvgIpc) is 2.40. The molecule has 0 fully saturated rings. The Labute approximate surface area is 115 Å². The topological polar surface area (TPSA) is 35.8 Å². The molecule has 0 heterocycles. The summed E-state index contributed by atoms with van der Waals surface area (Å²) in [5.41, 5.74) is 3.47. The molecular weight excluding hydrogens is 288 g/mol. The number of nitriles is 1. The first-order chi connectivity index (χ1) is 8.70. The van der Waals surface area contributed by atoms with Crippen LogP contribution in [-0.4, -0.2) is 0 Å². The molecule has 0 amide bonds. The highest BCUT2D eigenvalue weighted by atomic mass is 79.9. The van der Waals surface area contributed by atoms with E-state index in [1.165, 1.54) is 11.1 Å². The Kier molecular flexibility index (Phi) is 4.01. The fourth-order valence-electron chi connectivity index (χ4n) is 1.79. The summed E-state index contributed by atoms with van der Waals surface area (Å²) in [6.45, 7) is 1.97. The summed E-state index contributed by atoms with van der Waals surface area (Å²) < 4.78 is 1.08. The SMILES string of the molecule is CC(NC#N)c1ccc(-c2ccc(Br)cc2)cc1. The van der Waals surface area contributed by atoms with Crippen molar-refractivity contribution in [2.45, 2.75) is 13.0 Å². The Balaban J connectivity index is 2.22. The van der Waals surface area contributed by atoms with Gasteiger partial charge in [-0.2, -0.15) is 5.26 Å². The van der Waals surface area contributed by atoms with Gasteiger partial charge < -0.3 is 5.32 Å². The minimum Gasteiger partial charge on any atom is -0.317 e. The predicted molar refractivity (Wildman–Crippen MR) is 76.7 cm³/mol. The van der Waals surface area contributed by atoms with Gasteiger partial charge in [0.25, 0.3) is 0 Å². The summed E-state index contributed by atoms with van der Waals surface area (Å²) in [6, 6.07) is 16.5. The molecule has 1 unspecified atom stereocenters. The highest BCUT2D eigenvalue weighted by Crippen LogP contribution is 2.23. The molecule has 0 spiro atoms. The normalized spacial score (nSPS) is 11.6. The molecule has 0 radical (unpaired) electrons. The lowest BCUT2D eigenvalue weighted by molar-refractivity contribution is 0.697. The third-order valence-corrected chi connectivity index (χ3v) is 3.40. The van der Waals surface area contributed by atoms with Crippen molar-refractivity contribution in [3.05, 3.63) is 58.6 Å². The van der Waals surface area contributed by atoms with Crippen LogP contribution < -0.4 is 5.32 Å². The van der Waals surface area contributed by atoms with E-state index in [0.29, 0.717) is 0 Å². The van der Waals surface area contributed by atoms with Crippen molar-refractivity contribution in [3.63, 3.8) is 0 Å². The van der Waals surface area contributed by atoms with Crippen LogP contribution in [0.1, 0.15) is 18.5 Å². The maximum absolute atomic E-state index is 8.59. The van der Waals surface area contributed by atoms with Gasteiger partial charge in [0.1, 0.15) is 0 Å². The van der Waals surface area contributed by atoms with Gasteiger partial charge in [-0.15, -0.1) is 0 Å². The van der Waals surface area contributed by atoms with Gasteiger partial charge in [0.2, 0.25) is 0 Å². The maximum Gasteiger partial charge on any atom is 0.177 e. The number of nitrogens with one attached hydrogen (secondary N) is 1. The molecule has 0 aliphatic carbocycles. The second-order valence-electron chi connectivity index (χ2n) is 4.11. The van der Waals surface area contributed by atoms with E-state index in [1.54, 1.807) is 0 Å². The molecule has 1 N–H and O–H groups in total. The van der Waals surface area contributed by atoms with E-state index in [-0.39, 0.29) is 6.04 Å². The van der Waals surface area contributed by atoms with Crippen LogP contribution in [0.15, 0.2) is 53.0 Å². The largest absolute Gasteiger partial charge is 0.317 e. The van der Waals surface area contributed by atoms with Crippen molar-refractivity contribution in [3.8, 4) is 17.3 Å². The molecule has 0 saturated carbocycles. The van der Waals surface area contributed by atoms with Crippen LogP contribution in [0.3, 0.4) is 0 Å². The Morgan fingerprint density at radius 2 is 1.50 bits per heavy atom. The maximum atomic E-state index is 8.59. The lowest BCUT2D eigenvalue weighted by Crippen LogP contribution is -2.11. The zero-order chi connectivity index (χ0) is 13.0. The van der Waals surface area contributed by atoms with Crippen LogP contribution in [0.25, 0.3) is 11.1 Å². The summed E-state index contributed by atoms with van der Waals surface area (Å²) in [4.78, 5) is 0.